The Balaban J connectivity index is 2.13. The fourth-order valence-electron chi connectivity index (χ4n) is 1.63. The van der Waals surface area contributed by atoms with Crippen LogP contribution in [-0.2, 0) is 6.54 Å². The van der Waals surface area contributed by atoms with Gasteiger partial charge < -0.3 is 16.0 Å². The summed E-state index contributed by atoms with van der Waals surface area (Å²) in [7, 11) is 0. The van der Waals surface area contributed by atoms with Gasteiger partial charge in [0.15, 0.2) is 0 Å². The minimum atomic E-state index is -0.0629. The van der Waals surface area contributed by atoms with Crippen LogP contribution in [0.15, 0.2) is 52.8 Å². The zero-order valence-electron chi connectivity index (χ0n) is 10.2. The van der Waals surface area contributed by atoms with Crippen LogP contribution in [0.4, 0.5) is 0 Å². The summed E-state index contributed by atoms with van der Waals surface area (Å²) in [6.07, 6.45) is 3.57. The number of rotatable bonds is 4. The SMILES string of the molecule is NC(N)=NN=Cc1cccn1Cc1ccc(Cl)cc1. The summed E-state index contributed by atoms with van der Waals surface area (Å²) in [5.41, 5.74) is 12.5. The van der Waals surface area contributed by atoms with Crippen LogP contribution in [-0.4, -0.2) is 16.7 Å². The van der Waals surface area contributed by atoms with Crippen LogP contribution in [0.25, 0.3) is 0 Å². The molecule has 0 saturated heterocycles. The maximum atomic E-state index is 5.86. The first-order valence-corrected chi connectivity index (χ1v) is 6.04. The second-order valence-electron chi connectivity index (χ2n) is 3.96. The maximum absolute atomic E-state index is 5.86. The van der Waals surface area contributed by atoms with E-state index in [1.807, 2.05) is 47.2 Å². The summed E-state index contributed by atoms with van der Waals surface area (Å²) in [4.78, 5) is 0. The topological polar surface area (TPSA) is 81.7 Å². The number of nitrogens with two attached hydrogens (primary N) is 2. The molecule has 1 heterocycles. The highest BCUT2D eigenvalue weighted by Gasteiger charge is 1.99. The number of aromatic nitrogens is 1. The lowest BCUT2D eigenvalue weighted by atomic mass is 10.2. The summed E-state index contributed by atoms with van der Waals surface area (Å²) >= 11 is 5.86. The molecule has 1 aromatic carbocycles. The van der Waals surface area contributed by atoms with E-state index in [-0.39, 0.29) is 5.96 Å². The monoisotopic (exact) mass is 275 g/mol. The molecule has 0 unspecified atom stereocenters. The third-order valence-corrected chi connectivity index (χ3v) is 2.75. The van der Waals surface area contributed by atoms with Gasteiger partial charge in [-0.3, -0.25) is 0 Å². The van der Waals surface area contributed by atoms with E-state index in [9.17, 15) is 0 Å². The number of guanidine groups is 1. The number of nitrogens with zero attached hydrogens (tertiary/aromatic N) is 3. The van der Waals surface area contributed by atoms with Gasteiger partial charge in [0.2, 0.25) is 5.96 Å². The van der Waals surface area contributed by atoms with Crippen molar-refractivity contribution in [3.63, 3.8) is 0 Å². The molecule has 6 heteroatoms. The molecule has 98 valence electrons. The zero-order valence-corrected chi connectivity index (χ0v) is 11.0. The molecule has 0 fully saturated rings. The van der Waals surface area contributed by atoms with E-state index in [2.05, 4.69) is 10.2 Å². The third kappa shape index (κ3) is 3.86. The van der Waals surface area contributed by atoms with Crippen LogP contribution in [0.1, 0.15) is 11.3 Å². The van der Waals surface area contributed by atoms with Crippen LogP contribution in [0.3, 0.4) is 0 Å². The molecular weight excluding hydrogens is 262 g/mol. The first-order valence-electron chi connectivity index (χ1n) is 5.67. The average molecular weight is 276 g/mol. The first-order chi connectivity index (χ1) is 9.15. The van der Waals surface area contributed by atoms with Gasteiger partial charge in [-0.1, -0.05) is 23.7 Å². The van der Waals surface area contributed by atoms with Gasteiger partial charge in [0.05, 0.1) is 11.9 Å². The molecule has 0 aliphatic carbocycles. The molecule has 0 radical (unpaired) electrons. The lowest BCUT2D eigenvalue weighted by molar-refractivity contribution is 0.799. The molecule has 0 saturated carbocycles. The molecule has 2 aromatic rings. The zero-order chi connectivity index (χ0) is 13.7. The van der Waals surface area contributed by atoms with Gasteiger partial charge in [-0.05, 0) is 29.8 Å². The summed E-state index contributed by atoms with van der Waals surface area (Å²) in [5.74, 6) is -0.0629. The number of halogens is 1. The van der Waals surface area contributed by atoms with Gasteiger partial charge in [0.1, 0.15) is 0 Å². The van der Waals surface area contributed by atoms with Crippen molar-refractivity contribution in [3.8, 4) is 0 Å². The molecule has 4 N–H and O–H groups in total. The van der Waals surface area contributed by atoms with Crippen molar-refractivity contribution < 1.29 is 0 Å². The minimum absolute atomic E-state index is 0.0629. The molecule has 2 rings (SSSR count). The van der Waals surface area contributed by atoms with Crippen molar-refractivity contribution in [2.24, 2.45) is 21.7 Å². The van der Waals surface area contributed by atoms with Crippen molar-refractivity contribution in [2.45, 2.75) is 6.54 Å². The predicted octanol–water partition coefficient (Wildman–Crippen LogP) is 1.80. The Morgan fingerprint density at radius 1 is 1.21 bits per heavy atom. The fraction of sp³-hybridized carbons (Fsp3) is 0.0769. The Hall–Kier alpha value is -2.27. The minimum Gasteiger partial charge on any atom is -0.369 e. The maximum Gasteiger partial charge on any atom is 0.211 e. The highest BCUT2D eigenvalue weighted by molar-refractivity contribution is 6.30. The molecule has 0 aliphatic heterocycles. The van der Waals surface area contributed by atoms with E-state index in [4.69, 9.17) is 23.1 Å². The van der Waals surface area contributed by atoms with Crippen molar-refractivity contribution >= 4 is 23.8 Å². The lowest BCUT2D eigenvalue weighted by Crippen LogP contribution is -2.21. The Morgan fingerprint density at radius 3 is 2.63 bits per heavy atom. The molecule has 0 atom stereocenters. The summed E-state index contributed by atoms with van der Waals surface area (Å²) < 4.78 is 2.04. The first kappa shape index (κ1) is 13.2. The van der Waals surface area contributed by atoms with E-state index in [0.29, 0.717) is 0 Å². The van der Waals surface area contributed by atoms with Gasteiger partial charge in [-0.2, -0.15) is 5.10 Å². The van der Waals surface area contributed by atoms with Crippen LogP contribution < -0.4 is 11.5 Å². The fourth-order valence-corrected chi connectivity index (χ4v) is 1.76. The predicted molar refractivity (Wildman–Crippen MR) is 78.4 cm³/mol. The quantitative estimate of drug-likeness (QED) is 0.507. The summed E-state index contributed by atoms with van der Waals surface area (Å²) in [6.45, 7) is 0.730. The smallest absolute Gasteiger partial charge is 0.211 e. The van der Waals surface area contributed by atoms with Crippen LogP contribution >= 0.6 is 11.6 Å². The Bertz CT molecular complexity index is 594. The number of hydrogen-bond acceptors (Lipinski definition) is 2. The average Bonchev–Trinajstić information content (AvgIpc) is 2.79. The van der Waals surface area contributed by atoms with Crippen molar-refractivity contribution in [1.82, 2.24) is 4.57 Å². The molecule has 0 aliphatic rings. The van der Waals surface area contributed by atoms with Crippen LogP contribution in [0, 0.1) is 0 Å². The van der Waals surface area contributed by atoms with Crippen molar-refractivity contribution in [3.05, 3.63) is 58.9 Å². The molecule has 1 aromatic heterocycles. The van der Waals surface area contributed by atoms with Crippen molar-refractivity contribution in [1.29, 1.82) is 0 Å². The van der Waals surface area contributed by atoms with E-state index in [1.165, 1.54) is 0 Å². The molecule has 0 amide bonds. The van der Waals surface area contributed by atoms with E-state index in [0.717, 1.165) is 22.8 Å². The highest BCUT2D eigenvalue weighted by atomic mass is 35.5. The van der Waals surface area contributed by atoms with Crippen LogP contribution in [0.5, 0.6) is 0 Å². The highest BCUT2D eigenvalue weighted by Crippen LogP contribution is 2.11. The van der Waals surface area contributed by atoms with Gasteiger partial charge in [0, 0.05) is 17.8 Å². The van der Waals surface area contributed by atoms with E-state index < -0.39 is 0 Å². The lowest BCUT2D eigenvalue weighted by Gasteiger charge is -2.06. The largest absolute Gasteiger partial charge is 0.369 e. The van der Waals surface area contributed by atoms with Crippen molar-refractivity contribution in [2.75, 3.05) is 0 Å². The number of benzene rings is 1. The molecular formula is C13H14ClN5. The number of hydrogen-bond donors (Lipinski definition) is 2. The van der Waals surface area contributed by atoms with Gasteiger partial charge >= 0.3 is 0 Å². The van der Waals surface area contributed by atoms with E-state index in [1.54, 1.807) is 6.21 Å². The standard InChI is InChI=1S/C13H14ClN5/c14-11-5-3-10(4-6-11)9-19-7-1-2-12(19)8-17-18-13(15)16/h1-8H,9H2,(H4,15,16,18). The second-order valence-corrected chi connectivity index (χ2v) is 4.39. The molecule has 19 heavy (non-hydrogen) atoms. The van der Waals surface area contributed by atoms with Gasteiger partial charge in [-0.25, -0.2) is 0 Å². The third-order valence-electron chi connectivity index (χ3n) is 2.49. The molecule has 0 bridgehead atoms. The Labute approximate surface area is 116 Å². The second kappa shape index (κ2) is 6.06. The van der Waals surface area contributed by atoms with Gasteiger partial charge in [0.25, 0.3) is 0 Å². The van der Waals surface area contributed by atoms with Crippen LogP contribution in [0.2, 0.25) is 5.02 Å². The summed E-state index contributed by atoms with van der Waals surface area (Å²) in [5, 5.41) is 8.10. The summed E-state index contributed by atoms with van der Waals surface area (Å²) in [6, 6.07) is 11.6. The van der Waals surface area contributed by atoms with E-state index >= 15 is 0 Å². The van der Waals surface area contributed by atoms with Gasteiger partial charge in [-0.15, -0.1) is 5.10 Å². The molecule has 5 nitrogen and oxygen atoms in total. The molecule has 0 spiro atoms. The Morgan fingerprint density at radius 2 is 1.95 bits per heavy atom. The normalized spacial score (nSPS) is 10.8. The Kier molecular flexibility index (Phi) is 4.20.